The van der Waals surface area contributed by atoms with Gasteiger partial charge >= 0.3 is 5.69 Å². The van der Waals surface area contributed by atoms with Crippen molar-refractivity contribution in [1.29, 1.82) is 0 Å². The third-order valence-corrected chi connectivity index (χ3v) is 4.44. The van der Waals surface area contributed by atoms with Crippen molar-refractivity contribution in [2.75, 3.05) is 6.54 Å². The van der Waals surface area contributed by atoms with Crippen LogP contribution in [-0.4, -0.2) is 31.8 Å². The molecule has 0 saturated heterocycles. The number of fused-ring (bicyclic) bond motifs is 1. The summed E-state index contributed by atoms with van der Waals surface area (Å²) >= 11 is 0. The Morgan fingerprint density at radius 1 is 1.42 bits per heavy atom. The number of carbonyl (C=O) groups is 1. The van der Waals surface area contributed by atoms with Gasteiger partial charge in [-0.05, 0) is 37.3 Å². The van der Waals surface area contributed by atoms with Gasteiger partial charge in [-0.25, -0.2) is 9.48 Å². The predicted octanol–water partition coefficient (Wildman–Crippen LogP) is 0.967. The van der Waals surface area contributed by atoms with Gasteiger partial charge in [0.2, 0.25) is 5.91 Å². The van der Waals surface area contributed by atoms with Gasteiger partial charge < -0.3 is 5.32 Å². The van der Waals surface area contributed by atoms with Crippen LogP contribution in [0.2, 0.25) is 0 Å². The van der Waals surface area contributed by atoms with Crippen LogP contribution < -0.4 is 11.0 Å². The minimum absolute atomic E-state index is 0.0764. The lowest BCUT2D eigenvalue weighted by atomic mass is 9.96. The number of carbonyl (C=O) groups excluding carboxylic acids is 1. The minimum atomic E-state index is -0.0764. The van der Waals surface area contributed by atoms with E-state index >= 15 is 0 Å². The maximum Gasteiger partial charge on any atom is 0.346 e. The largest absolute Gasteiger partial charge is 0.356 e. The molecule has 2 aromatic heterocycles. The van der Waals surface area contributed by atoms with E-state index in [0.29, 0.717) is 32.0 Å². The Hall–Kier alpha value is -2.44. The van der Waals surface area contributed by atoms with Crippen LogP contribution in [-0.2, 0) is 24.3 Å². The van der Waals surface area contributed by atoms with Crippen LogP contribution in [0.5, 0.6) is 0 Å². The van der Waals surface area contributed by atoms with E-state index in [9.17, 15) is 9.59 Å². The van der Waals surface area contributed by atoms with Crippen molar-refractivity contribution < 1.29 is 4.79 Å². The molecule has 7 nitrogen and oxygen atoms in total. The smallest absolute Gasteiger partial charge is 0.346 e. The Balaban J connectivity index is 1.69. The summed E-state index contributed by atoms with van der Waals surface area (Å²) in [5.74, 6) is 1.22. The van der Waals surface area contributed by atoms with Gasteiger partial charge in [0.25, 0.3) is 0 Å². The van der Waals surface area contributed by atoms with E-state index in [2.05, 4.69) is 15.4 Å². The summed E-state index contributed by atoms with van der Waals surface area (Å²) in [5, 5.41) is 7.34. The Morgan fingerprint density at radius 2 is 2.29 bits per heavy atom. The van der Waals surface area contributed by atoms with Crippen LogP contribution >= 0.6 is 0 Å². The highest BCUT2D eigenvalue weighted by Gasteiger charge is 2.22. The highest BCUT2D eigenvalue weighted by Crippen LogP contribution is 2.21. The molecule has 1 aliphatic rings. The zero-order chi connectivity index (χ0) is 16.9. The molecule has 0 fully saturated rings. The maximum absolute atomic E-state index is 12.6. The molecule has 3 heterocycles. The molecule has 0 spiro atoms. The van der Waals surface area contributed by atoms with Crippen molar-refractivity contribution in [3.63, 3.8) is 0 Å². The molecule has 1 unspecified atom stereocenters. The number of aryl methyl sites for hydroxylation is 1. The first kappa shape index (κ1) is 16.4. The SMILES string of the molecule is CCNC(=O)CC1CCc2nn(Cc3cccnc3)c(=O)n2CC1. The Labute approximate surface area is 140 Å². The van der Waals surface area contributed by atoms with E-state index in [4.69, 9.17) is 0 Å². The molecule has 128 valence electrons. The van der Waals surface area contributed by atoms with Crippen LogP contribution in [0, 0.1) is 5.92 Å². The van der Waals surface area contributed by atoms with Crippen LogP contribution in [0.3, 0.4) is 0 Å². The number of rotatable bonds is 5. The molecule has 1 atom stereocenters. The van der Waals surface area contributed by atoms with E-state index in [1.165, 1.54) is 4.68 Å². The molecule has 7 heteroatoms. The second-order valence-electron chi connectivity index (χ2n) is 6.22. The summed E-state index contributed by atoms with van der Waals surface area (Å²) in [4.78, 5) is 28.4. The monoisotopic (exact) mass is 329 g/mol. The normalized spacial score (nSPS) is 17.1. The number of nitrogens with zero attached hydrogens (tertiary/aromatic N) is 4. The zero-order valence-corrected chi connectivity index (χ0v) is 13.9. The second kappa shape index (κ2) is 7.42. The van der Waals surface area contributed by atoms with Gasteiger partial charge in [0.05, 0.1) is 6.54 Å². The first-order valence-electron chi connectivity index (χ1n) is 8.49. The van der Waals surface area contributed by atoms with Gasteiger partial charge in [0.15, 0.2) is 0 Å². The van der Waals surface area contributed by atoms with E-state index in [0.717, 1.165) is 30.7 Å². The zero-order valence-electron chi connectivity index (χ0n) is 13.9. The van der Waals surface area contributed by atoms with Crippen molar-refractivity contribution in [3.05, 3.63) is 46.4 Å². The number of hydrogen-bond donors (Lipinski definition) is 1. The summed E-state index contributed by atoms with van der Waals surface area (Å²) in [5.41, 5.74) is 0.884. The third kappa shape index (κ3) is 3.72. The number of pyridine rings is 1. The van der Waals surface area contributed by atoms with E-state index in [-0.39, 0.29) is 11.6 Å². The van der Waals surface area contributed by atoms with Crippen molar-refractivity contribution in [2.45, 2.75) is 45.7 Å². The van der Waals surface area contributed by atoms with Gasteiger partial charge in [0, 0.05) is 38.3 Å². The van der Waals surface area contributed by atoms with Crippen LogP contribution in [0.25, 0.3) is 0 Å². The summed E-state index contributed by atoms with van der Waals surface area (Å²) in [6.45, 7) is 3.65. The summed E-state index contributed by atoms with van der Waals surface area (Å²) in [6, 6.07) is 3.79. The summed E-state index contributed by atoms with van der Waals surface area (Å²) < 4.78 is 3.27. The standard InChI is InChI=1S/C17H23N5O2/c1-2-19-16(23)10-13-5-6-15-20-22(17(24)21(15)9-7-13)12-14-4-3-8-18-11-14/h3-4,8,11,13H,2,5-7,9-10,12H2,1H3,(H,19,23). The molecule has 0 bridgehead atoms. The van der Waals surface area contributed by atoms with Gasteiger partial charge in [-0.2, -0.15) is 5.10 Å². The van der Waals surface area contributed by atoms with E-state index < -0.39 is 0 Å². The number of aromatic nitrogens is 4. The van der Waals surface area contributed by atoms with Gasteiger partial charge in [-0.15, -0.1) is 0 Å². The van der Waals surface area contributed by atoms with Crippen molar-refractivity contribution in [2.24, 2.45) is 5.92 Å². The molecular weight excluding hydrogens is 306 g/mol. The predicted molar refractivity (Wildman–Crippen MR) is 89.6 cm³/mol. The minimum Gasteiger partial charge on any atom is -0.356 e. The molecule has 1 aliphatic heterocycles. The van der Waals surface area contributed by atoms with Crippen molar-refractivity contribution >= 4 is 5.91 Å². The quantitative estimate of drug-likeness (QED) is 0.886. The second-order valence-corrected chi connectivity index (χ2v) is 6.22. The van der Waals surface area contributed by atoms with Gasteiger partial charge in [-0.3, -0.25) is 14.3 Å². The molecule has 2 aromatic rings. The van der Waals surface area contributed by atoms with Crippen LogP contribution in [0.15, 0.2) is 29.3 Å². The first-order valence-corrected chi connectivity index (χ1v) is 8.49. The van der Waals surface area contributed by atoms with E-state index in [1.807, 2.05) is 19.1 Å². The highest BCUT2D eigenvalue weighted by molar-refractivity contribution is 5.76. The van der Waals surface area contributed by atoms with Crippen molar-refractivity contribution in [3.8, 4) is 0 Å². The average Bonchev–Trinajstić information content (AvgIpc) is 2.74. The Kier molecular flexibility index (Phi) is 5.08. The number of hydrogen-bond acceptors (Lipinski definition) is 4. The summed E-state index contributed by atoms with van der Waals surface area (Å²) in [7, 11) is 0. The molecule has 3 rings (SSSR count). The number of nitrogens with one attached hydrogen (secondary N) is 1. The molecule has 24 heavy (non-hydrogen) atoms. The lowest BCUT2D eigenvalue weighted by molar-refractivity contribution is -0.122. The fourth-order valence-electron chi connectivity index (χ4n) is 3.19. The molecule has 0 aliphatic carbocycles. The molecular formula is C17H23N5O2. The van der Waals surface area contributed by atoms with Crippen LogP contribution in [0.1, 0.15) is 37.6 Å². The Bertz CT molecular complexity index is 750. The van der Waals surface area contributed by atoms with Crippen LogP contribution in [0.4, 0.5) is 0 Å². The molecule has 0 aromatic carbocycles. The highest BCUT2D eigenvalue weighted by atomic mass is 16.2. The summed E-state index contributed by atoms with van der Waals surface area (Å²) in [6.07, 6.45) is 6.45. The van der Waals surface area contributed by atoms with Crippen molar-refractivity contribution in [1.82, 2.24) is 24.6 Å². The first-order chi connectivity index (χ1) is 11.7. The van der Waals surface area contributed by atoms with Gasteiger partial charge in [0.1, 0.15) is 5.82 Å². The fourth-order valence-corrected chi connectivity index (χ4v) is 3.19. The third-order valence-electron chi connectivity index (χ3n) is 4.44. The topological polar surface area (TPSA) is 81.8 Å². The molecule has 0 saturated carbocycles. The molecule has 0 radical (unpaired) electrons. The lowest BCUT2D eigenvalue weighted by Crippen LogP contribution is -2.27. The lowest BCUT2D eigenvalue weighted by Gasteiger charge is -2.12. The molecule has 1 N–H and O–H groups in total. The number of amides is 1. The van der Waals surface area contributed by atoms with Gasteiger partial charge in [-0.1, -0.05) is 6.07 Å². The fraction of sp³-hybridized carbons (Fsp3) is 0.529. The molecule has 1 amide bonds. The maximum atomic E-state index is 12.6. The average molecular weight is 329 g/mol. The van der Waals surface area contributed by atoms with E-state index in [1.54, 1.807) is 17.0 Å². The Morgan fingerprint density at radius 3 is 3.04 bits per heavy atom.